The van der Waals surface area contributed by atoms with Gasteiger partial charge in [-0.2, -0.15) is 0 Å². The lowest BCUT2D eigenvalue weighted by Crippen LogP contribution is -2.60. The van der Waals surface area contributed by atoms with Gasteiger partial charge in [-0.05, 0) is 19.3 Å². The van der Waals surface area contributed by atoms with E-state index >= 15 is 0 Å². The number of unbranched alkanes of at least 4 members (excludes halogenated alkanes) is 24. The predicted octanol–water partition coefficient (Wildman–Crippen LogP) is 7.78. The summed E-state index contributed by atoms with van der Waals surface area (Å²) in [5.41, 5.74) is 0. The van der Waals surface area contributed by atoms with Crippen molar-refractivity contribution in [2.24, 2.45) is 0 Å². The third-order valence-electron chi connectivity index (χ3n) is 10.1. The van der Waals surface area contributed by atoms with Gasteiger partial charge in [0.15, 0.2) is 6.29 Å². The number of hydrogen-bond acceptors (Lipinski definition) is 8. The van der Waals surface area contributed by atoms with E-state index < -0.39 is 49.5 Å². The number of hydrogen-bond donors (Lipinski definition) is 6. The number of amides is 1. The second kappa shape index (κ2) is 32.6. The van der Waals surface area contributed by atoms with Gasteiger partial charge >= 0.3 is 0 Å². The van der Waals surface area contributed by atoms with Crippen LogP contribution in [-0.4, -0.2) is 87.5 Å². The number of aliphatic hydroxyl groups is 5. The van der Waals surface area contributed by atoms with Crippen LogP contribution in [0.3, 0.4) is 0 Å². The summed E-state index contributed by atoms with van der Waals surface area (Å²) in [6.07, 6.45) is 28.2. The molecule has 9 heteroatoms. The van der Waals surface area contributed by atoms with Crippen molar-refractivity contribution in [3.63, 3.8) is 0 Å². The average Bonchev–Trinajstić information content (AvgIpc) is 3.11. The monoisotopic (exact) mass is 714 g/mol. The highest BCUT2D eigenvalue weighted by Crippen LogP contribution is 2.22. The van der Waals surface area contributed by atoms with Crippen molar-refractivity contribution in [1.82, 2.24) is 5.32 Å². The summed E-state index contributed by atoms with van der Waals surface area (Å²) in [6, 6.07) is -0.796. The van der Waals surface area contributed by atoms with Crippen LogP contribution in [0.1, 0.15) is 187 Å². The lowest BCUT2D eigenvalue weighted by Gasteiger charge is -2.40. The maximum atomic E-state index is 12.9. The van der Waals surface area contributed by atoms with E-state index in [1.165, 1.54) is 128 Å². The second-order valence-electron chi connectivity index (χ2n) is 14.8. The van der Waals surface area contributed by atoms with Crippen molar-refractivity contribution in [2.75, 3.05) is 13.2 Å². The number of carbonyl (C=O) groups is 1. The zero-order valence-corrected chi connectivity index (χ0v) is 32.2. The molecule has 1 saturated heterocycles. The first-order valence-electron chi connectivity index (χ1n) is 20.9. The Kier molecular flexibility index (Phi) is 30.6. The van der Waals surface area contributed by atoms with Crippen LogP contribution in [0.5, 0.6) is 0 Å². The summed E-state index contributed by atoms with van der Waals surface area (Å²) in [4.78, 5) is 12.9. The lowest BCUT2D eigenvalue weighted by molar-refractivity contribution is -0.302. The van der Waals surface area contributed by atoms with E-state index in [0.29, 0.717) is 6.42 Å². The fourth-order valence-electron chi connectivity index (χ4n) is 6.68. The van der Waals surface area contributed by atoms with Crippen molar-refractivity contribution >= 4 is 5.91 Å². The Morgan fingerprint density at radius 3 is 1.56 bits per heavy atom. The summed E-state index contributed by atoms with van der Waals surface area (Å²) in [6.45, 7) is 3.76. The van der Waals surface area contributed by atoms with Gasteiger partial charge in [-0.15, -0.1) is 0 Å². The molecule has 0 unspecified atom stereocenters. The molecule has 7 atom stereocenters. The molecule has 0 radical (unpaired) electrons. The zero-order valence-electron chi connectivity index (χ0n) is 32.2. The van der Waals surface area contributed by atoms with Crippen LogP contribution >= 0.6 is 0 Å². The van der Waals surface area contributed by atoms with E-state index in [1.54, 1.807) is 6.08 Å². The van der Waals surface area contributed by atoms with Crippen LogP contribution in [0.4, 0.5) is 0 Å². The molecule has 0 bridgehead atoms. The first kappa shape index (κ1) is 47.0. The van der Waals surface area contributed by atoms with Gasteiger partial charge in [0.1, 0.15) is 24.4 Å². The van der Waals surface area contributed by atoms with E-state index in [2.05, 4.69) is 19.2 Å². The molecule has 0 saturated carbocycles. The molecule has 0 spiro atoms. The van der Waals surface area contributed by atoms with Crippen molar-refractivity contribution in [3.8, 4) is 0 Å². The number of nitrogens with one attached hydrogen (secondary N) is 1. The third-order valence-corrected chi connectivity index (χ3v) is 10.1. The van der Waals surface area contributed by atoms with Gasteiger partial charge in [0, 0.05) is 6.42 Å². The minimum absolute atomic E-state index is 0.177. The summed E-state index contributed by atoms with van der Waals surface area (Å²) < 4.78 is 11.2. The van der Waals surface area contributed by atoms with Crippen molar-refractivity contribution in [1.29, 1.82) is 0 Å². The topological polar surface area (TPSA) is 149 Å². The minimum Gasteiger partial charge on any atom is -0.394 e. The highest BCUT2D eigenvalue weighted by atomic mass is 16.7. The summed E-state index contributed by atoms with van der Waals surface area (Å²) in [5.74, 6) is -0.177. The molecule has 0 aromatic carbocycles. The first-order valence-corrected chi connectivity index (χ1v) is 20.9. The van der Waals surface area contributed by atoms with Gasteiger partial charge in [0.05, 0.1) is 25.4 Å². The van der Waals surface area contributed by atoms with Gasteiger partial charge in [-0.25, -0.2) is 0 Å². The molecule has 1 aliphatic heterocycles. The van der Waals surface area contributed by atoms with Gasteiger partial charge < -0.3 is 40.3 Å². The summed E-state index contributed by atoms with van der Waals surface area (Å²) in [5, 5.41) is 54.0. The second-order valence-corrected chi connectivity index (χ2v) is 14.8. The van der Waals surface area contributed by atoms with Gasteiger partial charge in [0.25, 0.3) is 0 Å². The standard InChI is InChI=1S/C41H79NO8/c1-3-5-7-9-11-13-15-17-19-21-23-25-27-29-31-37(45)42-34(33-49-41-40(48)39(47)38(46)36(32-43)50-41)35(44)30-28-26-24-22-20-18-16-14-12-10-8-6-4-2/h28,30,34-36,38-41,43-44,46-48H,3-27,29,31-33H2,1-2H3,(H,42,45)/b30-28+/t34-,35+,36+,38+,39-,40+,41+/m1/s1. The van der Waals surface area contributed by atoms with Crippen LogP contribution in [0.25, 0.3) is 0 Å². The van der Waals surface area contributed by atoms with E-state index in [4.69, 9.17) is 9.47 Å². The van der Waals surface area contributed by atoms with Crippen molar-refractivity contribution < 1.29 is 39.8 Å². The number of carbonyl (C=O) groups excluding carboxylic acids is 1. The molecule has 296 valence electrons. The molecule has 0 aliphatic carbocycles. The quantitative estimate of drug-likeness (QED) is 0.0293. The molecular weight excluding hydrogens is 634 g/mol. The highest BCUT2D eigenvalue weighted by Gasteiger charge is 2.44. The summed E-state index contributed by atoms with van der Waals surface area (Å²) >= 11 is 0. The molecule has 1 fully saturated rings. The van der Waals surface area contributed by atoms with Crippen LogP contribution < -0.4 is 5.32 Å². The largest absolute Gasteiger partial charge is 0.394 e. The molecule has 6 N–H and O–H groups in total. The molecule has 1 amide bonds. The number of rotatable bonds is 34. The molecule has 50 heavy (non-hydrogen) atoms. The van der Waals surface area contributed by atoms with Gasteiger partial charge in [0.2, 0.25) is 5.91 Å². The average molecular weight is 714 g/mol. The Hall–Kier alpha value is -1.07. The van der Waals surface area contributed by atoms with Crippen molar-refractivity contribution in [3.05, 3.63) is 12.2 Å². The van der Waals surface area contributed by atoms with E-state index in [1.807, 2.05) is 6.08 Å². The van der Waals surface area contributed by atoms with Crippen LogP contribution in [0.2, 0.25) is 0 Å². The molecule has 1 aliphatic rings. The fraction of sp³-hybridized carbons (Fsp3) is 0.927. The molecule has 9 nitrogen and oxygen atoms in total. The summed E-state index contributed by atoms with van der Waals surface area (Å²) in [7, 11) is 0. The van der Waals surface area contributed by atoms with E-state index in [9.17, 15) is 30.3 Å². The van der Waals surface area contributed by atoms with Crippen molar-refractivity contribution in [2.45, 2.75) is 230 Å². The number of aliphatic hydroxyl groups excluding tert-OH is 5. The predicted molar refractivity (Wildman–Crippen MR) is 203 cm³/mol. The fourth-order valence-corrected chi connectivity index (χ4v) is 6.68. The van der Waals surface area contributed by atoms with E-state index in [0.717, 1.165) is 38.5 Å². The van der Waals surface area contributed by atoms with Crippen LogP contribution in [0.15, 0.2) is 12.2 Å². The lowest BCUT2D eigenvalue weighted by atomic mass is 9.99. The first-order chi connectivity index (χ1) is 24.3. The Morgan fingerprint density at radius 2 is 1.10 bits per heavy atom. The van der Waals surface area contributed by atoms with Crippen LogP contribution in [0, 0.1) is 0 Å². The third kappa shape index (κ3) is 23.5. The zero-order chi connectivity index (χ0) is 36.7. The molecule has 0 aromatic rings. The highest BCUT2D eigenvalue weighted by molar-refractivity contribution is 5.76. The van der Waals surface area contributed by atoms with Crippen LogP contribution in [-0.2, 0) is 14.3 Å². The Morgan fingerprint density at radius 1 is 0.660 bits per heavy atom. The Bertz CT molecular complexity index is 797. The maximum absolute atomic E-state index is 12.9. The van der Waals surface area contributed by atoms with Gasteiger partial charge in [-0.1, -0.05) is 174 Å². The molecule has 1 rings (SSSR count). The minimum atomic E-state index is -1.56. The molecule has 0 aromatic heterocycles. The van der Waals surface area contributed by atoms with E-state index in [-0.39, 0.29) is 12.5 Å². The maximum Gasteiger partial charge on any atom is 0.220 e. The Balaban J connectivity index is 2.41. The van der Waals surface area contributed by atoms with Gasteiger partial charge in [-0.3, -0.25) is 4.79 Å². The molecular formula is C41H79NO8. The SMILES string of the molecule is CCCCCCCCCCCCC/C=C/[C@H](O)[C@@H](CO[C@H]1O[C@@H](CO)[C@H](O)[C@@H](O)[C@@H]1O)NC(=O)CCCCCCCCCCCCCCCC. The smallest absolute Gasteiger partial charge is 0.220 e. The number of allylic oxidation sites excluding steroid dienone is 1. The number of ether oxygens (including phenoxy) is 2. The Labute approximate surface area is 306 Å². The molecule has 1 heterocycles. The normalized spacial score (nSPS) is 22.3.